The number of piperidine rings is 1. The van der Waals surface area contributed by atoms with E-state index in [4.69, 9.17) is 9.26 Å². The number of ether oxygens (including phenoxy) is 1. The second kappa shape index (κ2) is 9.90. The van der Waals surface area contributed by atoms with Gasteiger partial charge in [-0.3, -0.25) is 4.79 Å². The van der Waals surface area contributed by atoms with Gasteiger partial charge in [0.05, 0.1) is 24.5 Å². The molecule has 180 valence electrons. The van der Waals surface area contributed by atoms with Gasteiger partial charge in [-0.1, -0.05) is 17.3 Å². The van der Waals surface area contributed by atoms with E-state index in [-0.39, 0.29) is 29.8 Å². The second-order valence-electron chi connectivity index (χ2n) is 8.09. The van der Waals surface area contributed by atoms with Crippen molar-refractivity contribution in [3.8, 4) is 17.1 Å². The van der Waals surface area contributed by atoms with Gasteiger partial charge in [-0.25, -0.2) is 12.8 Å². The molecule has 0 spiro atoms. The predicted molar refractivity (Wildman–Crippen MR) is 121 cm³/mol. The van der Waals surface area contributed by atoms with Crippen molar-refractivity contribution in [3.63, 3.8) is 0 Å². The van der Waals surface area contributed by atoms with E-state index in [1.165, 1.54) is 21.3 Å². The van der Waals surface area contributed by atoms with Gasteiger partial charge in [-0.2, -0.15) is 9.29 Å². The summed E-state index contributed by atoms with van der Waals surface area (Å²) in [5.74, 6) is 0.0792. The van der Waals surface area contributed by atoms with E-state index in [0.29, 0.717) is 31.0 Å². The maximum absolute atomic E-state index is 13.2. The quantitative estimate of drug-likeness (QED) is 0.503. The number of hydrogen-bond donors (Lipinski definition) is 0. The molecular formula is C23H25FN4O5S. The van der Waals surface area contributed by atoms with E-state index in [1.54, 1.807) is 26.3 Å². The number of sulfonamides is 1. The van der Waals surface area contributed by atoms with E-state index >= 15 is 0 Å². The molecule has 1 fully saturated rings. The Labute approximate surface area is 197 Å². The average molecular weight is 489 g/mol. The highest BCUT2D eigenvalue weighted by atomic mass is 32.2. The summed E-state index contributed by atoms with van der Waals surface area (Å²) in [6.07, 6.45) is 1.11. The Bertz CT molecular complexity index is 1260. The summed E-state index contributed by atoms with van der Waals surface area (Å²) < 4.78 is 50.9. The van der Waals surface area contributed by atoms with E-state index in [1.807, 2.05) is 12.1 Å². The van der Waals surface area contributed by atoms with Gasteiger partial charge in [0.15, 0.2) is 0 Å². The molecule has 0 N–H and O–H groups in total. The van der Waals surface area contributed by atoms with Crippen LogP contribution in [-0.2, 0) is 21.4 Å². The zero-order valence-corrected chi connectivity index (χ0v) is 19.7. The van der Waals surface area contributed by atoms with Crippen LogP contribution in [0.25, 0.3) is 11.4 Å². The van der Waals surface area contributed by atoms with Crippen LogP contribution in [0.1, 0.15) is 18.7 Å². The Morgan fingerprint density at radius 3 is 2.76 bits per heavy atom. The van der Waals surface area contributed by atoms with Crippen molar-refractivity contribution in [2.24, 2.45) is 5.92 Å². The highest BCUT2D eigenvalue weighted by molar-refractivity contribution is 7.89. The van der Waals surface area contributed by atoms with Gasteiger partial charge >= 0.3 is 0 Å². The average Bonchev–Trinajstić information content (AvgIpc) is 3.32. The number of halogens is 1. The molecule has 11 heteroatoms. The first kappa shape index (κ1) is 23.8. The van der Waals surface area contributed by atoms with Crippen LogP contribution < -0.4 is 4.74 Å². The van der Waals surface area contributed by atoms with Crippen molar-refractivity contribution in [2.45, 2.75) is 24.3 Å². The maximum Gasteiger partial charge on any atom is 0.246 e. The number of amides is 1. The Kier molecular flexibility index (Phi) is 6.94. The Balaban J connectivity index is 1.41. The third-order valence-electron chi connectivity index (χ3n) is 5.73. The minimum atomic E-state index is -3.82. The van der Waals surface area contributed by atoms with Crippen LogP contribution in [0.4, 0.5) is 4.39 Å². The fourth-order valence-electron chi connectivity index (χ4n) is 3.91. The van der Waals surface area contributed by atoms with Crippen molar-refractivity contribution in [3.05, 3.63) is 60.2 Å². The van der Waals surface area contributed by atoms with E-state index in [9.17, 15) is 17.6 Å². The second-order valence-corrected chi connectivity index (χ2v) is 10.0. The monoisotopic (exact) mass is 488 g/mol. The largest absolute Gasteiger partial charge is 0.497 e. The van der Waals surface area contributed by atoms with Crippen molar-refractivity contribution in [2.75, 3.05) is 27.2 Å². The Morgan fingerprint density at radius 2 is 2.03 bits per heavy atom. The van der Waals surface area contributed by atoms with Gasteiger partial charge < -0.3 is 14.2 Å². The lowest BCUT2D eigenvalue weighted by Crippen LogP contribution is -2.45. The minimum Gasteiger partial charge on any atom is -0.497 e. The van der Waals surface area contributed by atoms with Crippen LogP contribution in [0.2, 0.25) is 0 Å². The number of hydrogen-bond acceptors (Lipinski definition) is 7. The molecule has 2 aromatic carbocycles. The first-order valence-corrected chi connectivity index (χ1v) is 12.2. The highest BCUT2D eigenvalue weighted by Gasteiger charge is 2.34. The van der Waals surface area contributed by atoms with Crippen molar-refractivity contribution >= 4 is 15.9 Å². The molecular weight excluding hydrogens is 463 g/mol. The van der Waals surface area contributed by atoms with Crippen LogP contribution >= 0.6 is 0 Å². The molecule has 1 aromatic heterocycles. The smallest absolute Gasteiger partial charge is 0.246 e. The fraction of sp³-hybridized carbons (Fsp3) is 0.348. The van der Waals surface area contributed by atoms with Crippen LogP contribution in [0, 0.1) is 11.7 Å². The Hall–Kier alpha value is -3.31. The molecule has 3 aromatic rings. The molecule has 2 heterocycles. The number of benzene rings is 2. The number of nitrogens with zero attached hydrogens (tertiary/aromatic N) is 4. The molecule has 0 aliphatic carbocycles. The molecule has 0 unspecified atom stereocenters. The topological polar surface area (TPSA) is 106 Å². The SMILES string of the molecule is COc1cccc(-c2noc(CN(C)C(=O)[C@H]3CCCN(S(=O)(=O)c4ccc(F)cc4)C3)n2)c1. The molecule has 0 bridgehead atoms. The molecule has 9 nitrogen and oxygen atoms in total. The van der Waals surface area contributed by atoms with Crippen LogP contribution in [0.3, 0.4) is 0 Å². The number of rotatable bonds is 7. The normalized spacial score (nSPS) is 16.9. The lowest BCUT2D eigenvalue weighted by Gasteiger charge is -2.33. The third kappa shape index (κ3) is 5.10. The van der Waals surface area contributed by atoms with Crippen molar-refractivity contribution in [1.82, 2.24) is 19.3 Å². The van der Waals surface area contributed by atoms with Crippen LogP contribution in [-0.4, -0.2) is 60.9 Å². The lowest BCUT2D eigenvalue weighted by molar-refractivity contribution is -0.136. The zero-order chi connectivity index (χ0) is 24.3. The molecule has 1 saturated heterocycles. The predicted octanol–water partition coefficient (Wildman–Crippen LogP) is 2.94. The Morgan fingerprint density at radius 1 is 1.26 bits per heavy atom. The minimum absolute atomic E-state index is 0.00582. The molecule has 0 saturated carbocycles. The van der Waals surface area contributed by atoms with Crippen molar-refractivity contribution < 1.29 is 26.9 Å². The summed E-state index contributed by atoms with van der Waals surface area (Å²) in [6.45, 7) is 0.458. The fourth-order valence-corrected chi connectivity index (χ4v) is 5.43. The summed E-state index contributed by atoms with van der Waals surface area (Å²) in [5.41, 5.74) is 0.720. The molecule has 0 radical (unpaired) electrons. The molecule has 4 rings (SSSR count). The van der Waals surface area contributed by atoms with E-state index < -0.39 is 21.8 Å². The summed E-state index contributed by atoms with van der Waals surface area (Å²) >= 11 is 0. The number of methoxy groups -OCH3 is 1. The first-order valence-electron chi connectivity index (χ1n) is 10.8. The highest BCUT2D eigenvalue weighted by Crippen LogP contribution is 2.26. The number of aromatic nitrogens is 2. The first-order chi connectivity index (χ1) is 16.3. The third-order valence-corrected chi connectivity index (χ3v) is 7.61. The van der Waals surface area contributed by atoms with Gasteiger partial charge in [0, 0.05) is 25.7 Å². The number of carbonyl (C=O) groups is 1. The molecule has 1 aliphatic rings. The number of carbonyl (C=O) groups excluding carboxylic acids is 1. The maximum atomic E-state index is 13.2. The van der Waals surface area contributed by atoms with Gasteiger partial charge in [0.1, 0.15) is 11.6 Å². The van der Waals surface area contributed by atoms with Gasteiger partial charge in [-0.05, 0) is 49.2 Å². The van der Waals surface area contributed by atoms with Crippen molar-refractivity contribution in [1.29, 1.82) is 0 Å². The molecule has 1 amide bonds. The lowest BCUT2D eigenvalue weighted by atomic mass is 9.98. The van der Waals surface area contributed by atoms with E-state index in [2.05, 4.69) is 10.1 Å². The standard InChI is InChI=1S/C23H25FN4O5S/c1-27(15-21-25-22(26-33-21)16-5-3-7-19(13-16)32-2)23(29)17-6-4-12-28(14-17)34(30,31)20-10-8-18(24)9-11-20/h3,5,7-11,13,17H,4,6,12,14-15H2,1-2H3/t17-/m0/s1. The van der Waals surface area contributed by atoms with Gasteiger partial charge in [0.2, 0.25) is 27.6 Å². The zero-order valence-electron chi connectivity index (χ0n) is 18.8. The molecule has 1 atom stereocenters. The summed E-state index contributed by atoms with van der Waals surface area (Å²) in [6, 6.07) is 11.9. The molecule has 34 heavy (non-hydrogen) atoms. The van der Waals surface area contributed by atoms with Crippen LogP contribution in [0.15, 0.2) is 57.9 Å². The van der Waals surface area contributed by atoms with Gasteiger partial charge in [0.25, 0.3) is 0 Å². The molecule has 1 aliphatic heterocycles. The summed E-state index contributed by atoms with van der Waals surface area (Å²) in [5, 5.41) is 3.98. The van der Waals surface area contributed by atoms with E-state index in [0.717, 1.165) is 17.7 Å². The summed E-state index contributed by atoms with van der Waals surface area (Å²) in [4.78, 5) is 18.9. The van der Waals surface area contributed by atoms with Crippen LogP contribution in [0.5, 0.6) is 5.75 Å². The summed E-state index contributed by atoms with van der Waals surface area (Å²) in [7, 11) is -0.634. The van der Waals surface area contributed by atoms with Gasteiger partial charge in [-0.15, -0.1) is 0 Å².